The maximum Gasteiger partial charge on any atom is 0.338 e. The first-order valence-corrected chi connectivity index (χ1v) is 6.96. The normalized spacial score (nSPS) is 18.2. The number of ether oxygens (including phenoxy) is 1. The van der Waals surface area contributed by atoms with Crippen molar-refractivity contribution in [1.82, 2.24) is 15.6 Å². The third-order valence-electron chi connectivity index (χ3n) is 3.36. The zero-order valence-corrected chi connectivity index (χ0v) is 12.3. The molecule has 7 heteroatoms. The van der Waals surface area contributed by atoms with Crippen LogP contribution in [0, 0.1) is 0 Å². The average Bonchev–Trinajstić information content (AvgIpc) is 2.54. The predicted octanol–water partition coefficient (Wildman–Crippen LogP) is -0.217. The van der Waals surface area contributed by atoms with Gasteiger partial charge in [-0.1, -0.05) is 0 Å². The standard InChI is InChI=1S/C14H20N4O3/c1-3-16-13(19)11-9-15-6-7-18(11)12-8-10(4-5-17-12)14(20)21-2/h4-5,8,11,15H,3,6-7,9H2,1-2H3,(H,16,19). The number of carbonyl (C=O) groups excluding carboxylic acids is 2. The van der Waals surface area contributed by atoms with Gasteiger partial charge in [0, 0.05) is 32.4 Å². The molecule has 0 aliphatic carbocycles. The number of piperazine rings is 1. The van der Waals surface area contributed by atoms with Crippen LogP contribution in [0.4, 0.5) is 5.82 Å². The van der Waals surface area contributed by atoms with Gasteiger partial charge in [-0.2, -0.15) is 0 Å². The van der Waals surface area contributed by atoms with Crippen LogP contribution in [0.25, 0.3) is 0 Å². The topological polar surface area (TPSA) is 83.6 Å². The van der Waals surface area contributed by atoms with Gasteiger partial charge in [0.25, 0.3) is 0 Å². The molecule has 2 N–H and O–H groups in total. The van der Waals surface area contributed by atoms with E-state index in [0.29, 0.717) is 31.0 Å². The van der Waals surface area contributed by atoms with Crippen LogP contribution < -0.4 is 15.5 Å². The molecule has 1 aliphatic heterocycles. The van der Waals surface area contributed by atoms with E-state index >= 15 is 0 Å². The highest BCUT2D eigenvalue weighted by atomic mass is 16.5. The van der Waals surface area contributed by atoms with Crippen molar-refractivity contribution in [2.45, 2.75) is 13.0 Å². The van der Waals surface area contributed by atoms with E-state index < -0.39 is 5.97 Å². The molecule has 7 nitrogen and oxygen atoms in total. The largest absolute Gasteiger partial charge is 0.465 e. The van der Waals surface area contributed by atoms with Crippen LogP contribution in [-0.4, -0.2) is 56.2 Å². The quantitative estimate of drug-likeness (QED) is 0.747. The highest BCUT2D eigenvalue weighted by Crippen LogP contribution is 2.17. The molecule has 1 atom stereocenters. The molecule has 1 fully saturated rings. The van der Waals surface area contributed by atoms with Crippen molar-refractivity contribution in [3.8, 4) is 0 Å². The molecule has 1 aromatic rings. The van der Waals surface area contributed by atoms with Crippen molar-refractivity contribution < 1.29 is 14.3 Å². The van der Waals surface area contributed by atoms with Crippen LogP contribution in [0.1, 0.15) is 17.3 Å². The second kappa shape index (κ2) is 7.03. The third-order valence-corrected chi connectivity index (χ3v) is 3.36. The summed E-state index contributed by atoms with van der Waals surface area (Å²) >= 11 is 0. The van der Waals surface area contributed by atoms with E-state index in [2.05, 4.69) is 15.6 Å². The lowest BCUT2D eigenvalue weighted by atomic mass is 10.1. The minimum atomic E-state index is -0.414. The third kappa shape index (κ3) is 3.49. The number of nitrogens with zero attached hydrogens (tertiary/aromatic N) is 2. The minimum Gasteiger partial charge on any atom is -0.465 e. The molecule has 0 spiro atoms. The first-order chi connectivity index (χ1) is 10.2. The molecule has 0 aromatic carbocycles. The average molecular weight is 292 g/mol. The Morgan fingerprint density at radius 2 is 2.38 bits per heavy atom. The van der Waals surface area contributed by atoms with Crippen molar-refractivity contribution in [3.05, 3.63) is 23.9 Å². The molecular formula is C14H20N4O3. The Morgan fingerprint density at radius 3 is 3.10 bits per heavy atom. The summed E-state index contributed by atoms with van der Waals surface area (Å²) in [5, 5.41) is 6.02. The Labute approximate surface area is 123 Å². The maximum atomic E-state index is 12.1. The second-order valence-corrected chi connectivity index (χ2v) is 4.70. The predicted molar refractivity (Wildman–Crippen MR) is 78.3 cm³/mol. The van der Waals surface area contributed by atoms with Crippen molar-refractivity contribution in [3.63, 3.8) is 0 Å². The number of hydrogen-bond acceptors (Lipinski definition) is 6. The number of anilines is 1. The smallest absolute Gasteiger partial charge is 0.338 e. The maximum absolute atomic E-state index is 12.1. The summed E-state index contributed by atoms with van der Waals surface area (Å²) < 4.78 is 4.71. The summed E-state index contributed by atoms with van der Waals surface area (Å²) in [6, 6.07) is 2.92. The van der Waals surface area contributed by atoms with Crippen LogP contribution in [0.2, 0.25) is 0 Å². The molecule has 2 heterocycles. The van der Waals surface area contributed by atoms with Crippen molar-refractivity contribution in [2.75, 3.05) is 38.2 Å². The SMILES string of the molecule is CCNC(=O)C1CNCCN1c1cc(C(=O)OC)ccn1. The van der Waals surface area contributed by atoms with E-state index in [1.165, 1.54) is 7.11 Å². The van der Waals surface area contributed by atoms with Gasteiger partial charge in [0.1, 0.15) is 11.9 Å². The van der Waals surface area contributed by atoms with Crippen LogP contribution in [0.5, 0.6) is 0 Å². The molecular weight excluding hydrogens is 272 g/mol. The number of pyridine rings is 1. The molecule has 1 aliphatic rings. The lowest BCUT2D eigenvalue weighted by Gasteiger charge is -2.36. The summed E-state index contributed by atoms with van der Waals surface area (Å²) in [4.78, 5) is 29.9. The first-order valence-electron chi connectivity index (χ1n) is 6.96. The van der Waals surface area contributed by atoms with Gasteiger partial charge in [-0.25, -0.2) is 9.78 Å². The van der Waals surface area contributed by atoms with Gasteiger partial charge >= 0.3 is 5.97 Å². The molecule has 1 saturated heterocycles. The summed E-state index contributed by atoms with van der Waals surface area (Å²) in [5.41, 5.74) is 0.427. The molecule has 1 unspecified atom stereocenters. The molecule has 1 aromatic heterocycles. The highest BCUT2D eigenvalue weighted by Gasteiger charge is 2.29. The lowest BCUT2D eigenvalue weighted by molar-refractivity contribution is -0.122. The zero-order valence-electron chi connectivity index (χ0n) is 12.3. The van der Waals surface area contributed by atoms with E-state index in [-0.39, 0.29) is 11.9 Å². The number of aromatic nitrogens is 1. The van der Waals surface area contributed by atoms with Gasteiger partial charge in [-0.3, -0.25) is 4.79 Å². The van der Waals surface area contributed by atoms with Gasteiger partial charge in [0.2, 0.25) is 5.91 Å². The van der Waals surface area contributed by atoms with Crippen molar-refractivity contribution in [1.29, 1.82) is 0 Å². The molecule has 0 saturated carbocycles. The first kappa shape index (κ1) is 15.2. The monoisotopic (exact) mass is 292 g/mol. The second-order valence-electron chi connectivity index (χ2n) is 4.70. The molecule has 1 amide bonds. The van der Waals surface area contributed by atoms with E-state index in [1.807, 2.05) is 11.8 Å². The number of likely N-dealkylation sites (N-methyl/N-ethyl adjacent to an activating group) is 1. The highest BCUT2D eigenvalue weighted by molar-refractivity contribution is 5.90. The number of rotatable bonds is 4. The van der Waals surface area contributed by atoms with Crippen LogP contribution in [-0.2, 0) is 9.53 Å². The van der Waals surface area contributed by atoms with E-state index in [9.17, 15) is 9.59 Å². The number of esters is 1. The van der Waals surface area contributed by atoms with E-state index in [0.717, 1.165) is 6.54 Å². The summed E-state index contributed by atoms with van der Waals surface area (Å²) in [5.74, 6) is 0.147. The minimum absolute atomic E-state index is 0.0463. The Bertz CT molecular complexity index is 521. The van der Waals surface area contributed by atoms with Gasteiger partial charge in [0.05, 0.1) is 12.7 Å². The molecule has 0 bridgehead atoms. The fraction of sp³-hybridized carbons (Fsp3) is 0.500. The number of hydrogen-bond donors (Lipinski definition) is 2. The summed E-state index contributed by atoms with van der Waals surface area (Å²) in [6.07, 6.45) is 1.55. The van der Waals surface area contributed by atoms with Gasteiger partial charge in [0.15, 0.2) is 0 Å². The zero-order chi connectivity index (χ0) is 15.2. The number of nitrogens with one attached hydrogen (secondary N) is 2. The number of methoxy groups -OCH3 is 1. The fourth-order valence-electron chi connectivity index (χ4n) is 2.33. The van der Waals surface area contributed by atoms with Crippen molar-refractivity contribution in [2.24, 2.45) is 0 Å². The molecule has 0 radical (unpaired) electrons. The van der Waals surface area contributed by atoms with Crippen LogP contribution in [0.3, 0.4) is 0 Å². The Morgan fingerprint density at radius 1 is 1.57 bits per heavy atom. The summed E-state index contributed by atoms with van der Waals surface area (Å²) in [6.45, 7) is 4.43. The van der Waals surface area contributed by atoms with Gasteiger partial charge in [-0.05, 0) is 19.1 Å². The van der Waals surface area contributed by atoms with Crippen molar-refractivity contribution >= 4 is 17.7 Å². The van der Waals surface area contributed by atoms with Crippen LogP contribution in [0.15, 0.2) is 18.3 Å². The Hall–Kier alpha value is -2.15. The lowest BCUT2D eigenvalue weighted by Crippen LogP contribution is -2.58. The summed E-state index contributed by atoms with van der Waals surface area (Å²) in [7, 11) is 1.34. The fourth-order valence-corrected chi connectivity index (χ4v) is 2.33. The molecule has 2 rings (SSSR count). The molecule has 21 heavy (non-hydrogen) atoms. The van der Waals surface area contributed by atoms with Crippen LogP contribution >= 0.6 is 0 Å². The Kier molecular flexibility index (Phi) is 5.10. The molecule has 114 valence electrons. The van der Waals surface area contributed by atoms with E-state index in [4.69, 9.17) is 4.74 Å². The Balaban J connectivity index is 2.24. The van der Waals surface area contributed by atoms with Gasteiger partial charge < -0.3 is 20.3 Å². The van der Waals surface area contributed by atoms with Gasteiger partial charge in [-0.15, -0.1) is 0 Å². The van der Waals surface area contributed by atoms with E-state index in [1.54, 1.807) is 18.3 Å². The number of carbonyl (C=O) groups is 2. The number of amides is 1.